The number of pyridine rings is 1. The summed E-state index contributed by atoms with van der Waals surface area (Å²) in [6.45, 7) is 2.07. The van der Waals surface area contributed by atoms with E-state index in [1.165, 1.54) is 10.9 Å². The molecule has 12 heteroatoms. The van der Waals surface area contributed by atoms with Gasteiger partial charge in [0.15, 0.2) is 5.75 Å². The van der Waals surface area contributed by atoms with Crippen molar-refractivity contribution in [2.24, 2.45) is 7.05 Å². The quantitative estimate of drug-likeness (QED) is 0.465. The Bertz CT molecular complexity index is 1310. The van der Waals surface area contributed by atoms with E-state index in [9.17, 15) is 13.2 Å². The lowest BCUT2D eigenvalue weighted by Gasteiger charge is -2.29. The van der Waals surface area contributed by atoms with Crippen LogP contribution < -0.4 is 10.5 Å². The number of hydrogen-bond acceptors (Lipinski definition) is 6. The molecule has 1 fully saturated rings. The van der Waals surface area contributed by atoms with Crippen LogP contribution in [0.5, 0.6) is 5.75 Å². The average molecular weight is 474 g/mol. The van der Waals surface area contributed by atoms with Crippen LogP contribution in [0.1, 0.15) is 44.3 Å². The summed E-state index contributed by atoms with van der Waals surface area (Å²) in [5, 5.41) is 13.6. The fraction of sp³-hybridized carbons (Fsp3) is 0.455. The molecule has 4 heterocycles. The second-order valence-corrected chi connectivity index (χ2v) is 8.57. The first-order chi connectivity index (χ1) is 16.2. The minimum atomic E-state index is -4.56. The van der Waals surface area contributed by atoms with Crippen LogP contribution in [0, 0.1) is 0 Å². The van der Waals surface area contributed by atoms with Crippen molar-refractivity contribution in [3.63, 3.8) is 0 Å². The normalized spacial score (nSPS) is 19.1. The summed E-state index contributed by atoms with van der Waals surface area (Å²) in [6.07, 6.45) is 4.42. The number of nitrogen functional groups attached to an aromatic ring is 1. The number of aryl methyl sites for hydroxylation is 2. The number of ether oxygens (including phenoxy) is 1. The van der Waals surface area contributed by atoms with Crippen LogP contribution in [0.4, 0.5) is 19.0 Å². The first-order valence-corrected chi connectivity index (χ1v) is 11.2. The molecule has 1 saturated carbocycles. The summed E-state index contributed by atoms with van der Waals surface area (Å²) < 4.78 is 50.8. The highest BCUT2D eigenvalue weighted by Crippen LogP contribution is 2.39. The molecule has 0 unspecified atom stereocenters. The molecule has 0 amide bonds. The molecule has 180 valence electrons. The SMILES string of the molecule is CCn1cc(OC2CCC(n3nc(-c4cnn(C)c4)c4cnc(N)cc43)CC2)c(C(F)(F)F)n1. The minimum Gasteiger partial charge on any atom is -0.486 e. The topological polar surface area (TPSA) is 102 Å². The molecule has 1 aliphatic carbocycles. The van der Waals surface area contributed by atoms with Crippen molar-refractivity contribution in [3.05, 3.63) is 36.5 Å². The van der Waals surface area contributed by atoms with E-state index in [2.05, 4.69) is 15.2 Å². The molecule has 0 atom stereocenters. The fourth-order valence-electron chi connectivity index (χ4n) is 4.52. The summed E-state index contributed by atoms with van der Waals surface area (Å²) >= 11 is 0. The highest BCUT2D eigenvalue weighted by Gasteiger charge is 2.39. The molecule has 0 aliphatic heterocycles. The van der Waals surface area contributed by atoms with E-state index in [1.54, 1.807) is 30.1 Å². The van der Waals surface area contributed by atoms with Gasteiger partial charge in [0.05, 0.1) is 30.1 Å². The number of nitrogens with zero attached hydrogens (tertiary/aromatic N) is 7. The molecule has 1 aliphatic rings. The van der Waals surface area contributed by atoms with Gasteiger partial charge in [-0.15, -0.1) is 0 Å². The van der Waals surface area contributed by atoms with Crippen LogP contribution in [-0.4, -0.2) is 40.4 Å². The van der Waals surface area contributed by atoms with E-state index in [0.717, 1.165) is 22.2 Å². The largest absolute Gasteiger partial charge is 0.486 e. The number of alkyl halides is 3. The number of rotatable bonds is 5. The lowest BCUT2D eigenvalue weighted by molar-refractivity contribution is -0.143. The van der Waals surface area contributed by atoms with Gasteiger partial charge in [-0.2, -0.15) is 28.5 Å². The standard InChI is InChI=1S/C22H25F3N8O/c1-3-32-12-18(21(30-32)22(23,24)25)34-15-6-4-14(5-7-15)33-17-8-19(26)27-10-16(17)20(29-33)13-9-28-31(2)11-13/h8-12,14-15H,3-7H2,1-2H3,(H2,26,27). The van der Waals surface area contributed by atoms with E-state index in [4.69, 9.17) is 15.6 Å². The van der Waals surface area contributed by atoms with Crippen LogP contribution in [0.15, 0.2) is 30.9 Å². The highest BCUT2D eigenvalue weighted by molar-refractivity contribution is 5.93. The molecule has 4 aromatic rings. The predicted molar refractivity (Wildman–Crippen MR) is 119 cm³/mol. The maximum absolute atomic E-state index is 13.4. The van der Waals surface area contributed by atoms with Gasteiger partial charge in [0.2, 0.25) is 5.69 Å². The number of aromatic nitrogens is 7. The number of nitrogens with two attached hydrogens (primary N) is 1. The zero-order valence-corrected chi connectivity index (χ0v) is 18.8. The second-order valence-electron chi connectivity index (χ2n) is 8.57. The molecular weight excluding hydrogens is 449 g/mol. The summed E-state index contributed by atoms with van der Waals surface area (Å²) in [5.74, 6) is 0.191. The van der Waals surface area contributed by atoms with Gasteiger partial charge in [-0.1, -0.05) is 0 Å². The van der Waals surface area contributed by atoms with Crippen molar-refractivity contribution in [1.82, 2.24) is 34.3 Å². The lowest BCUT2D eigenvalue weighted by Crippen LogP contribution is -2.27. The van der Waals surface area contributed by atoms with Crippen LogP contribution in [0.25, 0.3) is 22.2 Å². The maximum atomic E-state index is 13.4. The average Bonchev–Trinajstić information content (AvgIpc) is 3.50. The van der Waals surface area contributed by atoms with E-state index in [-0.39, 0.29) is 17.9 Å². The van der Waals surface area contributed by atoms with Gasteiger partial charge >= 0.3 is 6.18 Å². The van der Waals surface area contributed by atoms with Gasteiger partial charge in [-0.3, -0.25) is 14.0 Å². The third kappa shape index (κ3) is 4.08. The monoisotopic (exact) mass is 474 g/mol. The summed E-state index contributed by atoms with van der Waals surface area (Å²) in [7, 11) is 1.84. The lowest BCUT2D eigenvalue weighted by atomic mass is 9.93. The number of fused-ring (bicyclic) bond motifs is 1. The molecule has 9 nitrogen and oxygen atoms in total. The van der Waals surface area contributed by atoms with Gasteiger partial charge in [0, 0.05) is 43.0 Å². The Morgan fingerprint density at radius 1 is 1.12 bits per heavy atom. The van der Waals surface area contributed by atoms with Gasteiger partial charge in [0.25, 0.3) is 0 Å². The highest BCUT2D eigenvalue weighted by atomic mass is 19.4. The molecule has 0 radical (unpaired) electrons. The number of halogens is 3. The van der Waals surface area contributed by atoms with Crippen LogP contribution in [0.3, 0.4) is 0 Å². The Kier molecular flexibility index (Phi) is 5.45. The molecule has 2 N–H and O–H groups in total. The van der Waals surface area contributed by atoms with Crippen molar-refractivity contribution < 1.29 is 17.9 Å². The maximum Gasteiger partial charge on any atom is 0.438 e. The molecule has 4 aromatic heterocycles. The second kappa shape index (κ2) is 8.33. The predicted octanol–water partition coefficient (Wildman–Crippen LogP) is 4.21. The van der Waals surface area contributed by atoms with Gasteiger partial charge in [0.1, 0.15) is 11.5 Å². The smallest absolute Gasteiger partial charge is 0.438 e. The third-order valence-corrected chi connectivity index (χ3v) is 6.20. The van der Waals surface area contributed by atoms with E-state index in [0.29, 0.717) is 38.0 Å². The van der Waals surface area contributed by atoms with Crippen molar-refractivity contribution in [1.29, 1.82) is 0 Å². The van der Waals surface area contributed by atoms with Crippen LogP contribution in [-0.2, 0) is 19.8 Å². The molecule has 5 rings (SSSR count). The first kappa shape index (κ1) is 22.2. The molecule has 0 aromatic carbocycles. The van der Waals surface area contributed by atoms with Crippen LogP contribution in [0.2, 0.25) is 0 Å². The van der Waals surface area contributed by atoms with E-state index >= 15 is 0 Å². The van der Waals surface area contributed by atoms with Crippen molar-refractivity contribution in [3.8, 4) is 17.0 Å². The first-order valence-electron chi connectivity index (χ1n) is 11.2. The van der Waals surface area contributed by atoms with Crippen molar-refractivity contribution >= 4 is 16.7 Å². The Labute approximate surface area is 193 Å². The van der Waals surface area contributed by atoms with Gasteiger partial charge in [-0.05, 0) is 32.6 Å². The summed E-state index contributed by atoms with van der Waals surface area (Å²) in [4.78, 5) is 4.23. The molecule has 0 bridgehead atoms. The third-order valence-electron chi connectivity index (χ3n) is 6.20. The zero-order valence-electron chi connectivity index (χ0n) is 18.8. The van der Waals surface area contributed by atoms with Crippen molar-refractivity contribution in [2.75, 3.05) is 5.73 Å². The summed E-state index contributed by atoms with van der Waals surface area (Å²) in [5.41, 5.74) is 7.51. The fourth-order valence-corrected chi connectivity index (χ4v) is 4.52. The van der Waals surface area contributed by atoms with Gasteiger partial charge < -0.3 is 10.5 Å². The van der Waals surface area contributed by atoms with Crippen molar-refractivity contribution in [2.45, 2.75) is 57.5 Å². The number of anilines is 1. The zero-order chi connectivity index (χ0) is 24.0. The minimum absolute atomic E-state index is 0.0648. The molecule has 0 saturated heterocycles. The van der Waals surface area contributed by atoms with E-state index < -0.39 is 11.9 Å². The summed E-state index contributed by atoms with van der Waals surface area (Å²) in [6, 6.07) is 1.87. The Balaban J connectivity index is 1.37. The Hall–Kier alpha value is -3.57. The molecule has 0 spiro atoms. The Morgan fingerprint density at radius 3 is 2.53 bits per heavy atom. The van der Waals surface area contributed by atoms with Crippen LogP contribution >= 0.6 is 0 Å². The van der Waals surface area contributed by atoms with Gasteiger partial charge in [-0.25, -0.2) is 4.98 Å². The number of hydrogen-bond donors (Lipinski definition) is 1. The Morgan fingerprint density at radius 2 is 1.88 bits per heavy atom. The molecule has 34 heavy (non-hydrogen) atoms. The molecular formula is C22H25F3N8O. The van der Waals surface area contributed by atoms with E-state index in [1.807, 2.05) is 17.9 Å².